The van der Waals surface area contributed by atoms with E-state index in [0.29, 0.717) is 17.3 Å². The molecule has 0 saturated carbocycles. The van der Waals surface area contributed by atoms with Gasteiger partial charge in [0.2, 0.25) is 0 Å². The molecule has 0 aliphatic heterocycles. The molecule has 0 radical (unpaired) electrons. The van der Waals surface area contributed by atoms with Crippen molar-refractivity contribution in [2.75, 3.05) is 5.73 Å². The number of amides is 1. The number of anilines is 1. The minimum atomic E-state index is -0.0869. The molecule has 1 aromatic heterocycles. The predicted molar refractivity (Wildman–Crippen MR) is 86.0 cm³/mol. The highest BCUT2D eigenvalue weighted by molar-refractivity contribution is 5.94. The van der Waals surface area contributed by atoms with Crippen LogP contribution in [0.3, 0.4) is 0 Å². The second-order valence-corrected chi connectivity index (χ2v) is 5.55. The number of aromatic nitrogens is 1. The fourth-order valence-electron chi connectivity index (χ4n) is 2.50. The topological polar surface area (TPSA) is 60.0 Å². The van der Waals surface area contributed by atoms with Crippen molar-refractivity contribution in [2.45, 2.75) is 33.4 Å². The predicted octanol–water partition coefficient (Wildman–Crippen LogP) is 3.22. The molecule has 4 heteroatoms. The fraction of sp³-hybridized carbons (Fsp3) is 0.353. The summed E-state index contributed by atoms with van der Waals surface area (Å²) in [6, 6.07) is 11.7. The summed E-state index contributed by atoms with van der Waals surface area (Å²) in [6.07, 6.45) is 1.79. The van der Waals surface area contributed by atoms with Crippen molar-refractivity contribution >= 4 is 11.6 Å². The minimum absolute atomic E-state index is 0.0138. The molecule has 0 aliphatic carbocycles. The van der Waals surface area contributed by atoms with E-state index in [1.807, 2.05) is 41.8 Å². The Labute approximate surface area is 126 Å². The number of carbonyl (C=O) groups excluding carboxylic acids is 1. The van der Waals surface area contributed by atoms with Gasteiger partial charge in [-0.1, -0.05) is 44.2 Å². The molecule has 0 fully saturated rings. The standard InChI is InChI=1S/C17H23N3O/c1-4-20-11-14(18)10-15(20)17(21)19-16(12(2)3)13-8-6-5-7-9-13/h5-12,16H,4,18H2,1-3H3,(H,19,21). The van der Waals surface area contributed by atoms with Gasteiger partial charge in [-0.3, -0.25) is 4.79 Å². The molecule has 2 aromatic rings. The van der Waals surface area contributed by atoms with Gasteiger partial charge in [0.15, 0.2) is 0 Å². The fourth-order valence-corrected chi connectivity index (χ4v) is 2.50. The summed E-state index contributed by atoms with van der Waals surface area (Å²) < 4.78 is 1.87. The number of aryl methyl sites for hydroxylation is 1. The van der Waals surface area contributed by atoms with Crippen LogP contribution in [-0.2, 0) is 6.54 Å². The molecule has 0 aliphatic rings. The molecule has 0 saturated heterocycles. The van der Waals surface area contributed by atoms with Gasteiger partial charge in [0.1, 0.15) is 5.69 Å². The number of nitrogen functional groups attached to an aromatic ring is 1. The van der Waals surface area contributed by atoms with Gasteiger partial charge in [-0.15, -0.1) is 0 Å². The first-order valence-corrected chi connectivity index (χ1v) is 7.34. The summed E-state index contributed by atoms with van der Waals surface area (Å²) >= 11 is 0. The highest BCUT2D eigenvalue weighted by Crippen LogP contribution is 2.22. The van der Waals surface area contributed by atoms with Gasteiger partial charge in [0.05, 0.1) is 11.7 Å². The highest BCUT2D eigenvalue weighted by atomic mass is 16.2. The van der Waals surface area contributed by atoms with Crippen LogP contribution < -0.4 is 11.1 Å². The zero-order valence-electron chi connectivity index (χ0n) is 12.8. The molecule has 3 N–H and O–H groups in total. The molecule has 2 rings (SSSR count). The van der Waals surface area contributed by atoms with Gasteiger partial charge in [0, 0.05) is 12.7 Å². The number of hydrogen-bond donors (Lipinski definition) is 2. The maximum atomic E-state index is 12.5. The van der Waals surface area contributed by atoms with E-state index in [1.54, 1.807) is 12.3 Å². The molecule has 4 nitrogen and oxygen atoms in total. The Morgan fingerprint density at radius 3 is 2.52 bits per heavy atom. The smallest absolute Gasteiger partial charge is 0.268 e. The van der Waals surface area contributed by atoms with Crippen LogP contribution in [0.1, 0.15) is 42.9 Å². The molecule has 1 unspecified atom stereocenters. The van der Waals surface area contributed by atoms with Crippen molar-refractivity contribution in [1.29, 1.82) is 0 Å². The number of nitrogens with two attached hydrogens (primary N) is 1. The SMILES string of the molecule is CCn1cc(N)cc1C(=O)NC(c1ccccc1)C(C)C. The van der Waals surface area contributed by atoms with Crippen molar-refractivity contribution in [3.05, 3.63) is 53.9 Å². The van der Waals surface area contributed by atoms with Gasteiger partial charge in [-0.2, -0.15) is 0 Å². The third kappa shape index (κ3) is 3.45. The van der Waals surface area contributed by atoms with Crippen molar-refractivity contribution in [1.82, 2.24) is 9.88 Å². The summed E-state index contributed by atoms with van der Waals surface area (Å²) in [5.74, 6) is 0.217. The minimum Gasteiger partial charge on any atom is -0.397 e. The monoisotopic (exact) mass is 285 g/mol. The van der Waals surface area contributed by atoms with Crippen LogP contribution >= 0.6 is 0 Å². The average Bonchev–Trinajstić information content (AvgIpc) is 2.86. The first-order valence-electron chi connectivity index (χ1n) is 7.34. The van der Waals surface area contributed by atoms with Gasteiger partial charge in [-0.25, -0.2) is 0 Å². The van der Waals surface area contributed by atoms with Crippen molar-refractivity contribution in [3.63, 3.8) is 0 Å². The van der Waals surface area contributed by atoms with Crippen LogP contribution in [0.2, 0.25) is 0 Å². The molecule has 0 bridgehead atoms. The molecule has 21 heavy (non-hydrogen) atoms. The molecular formula is C17H23N3O. The van der Waals surface area contributed by atoms with E-state index in [2.05, 4.69) is 19.2 Å². The van der Waals surface area contributed by atoms with Crippen LogP contribution in [0.15, 0.2) is 42.6 Å². The molecule has 1 atom stereocenters. The highest BCUT2D eigenvalue weighted by Gasteiger charge is 2.20. The Morgan fingerprint density at radius 2 is 1.95 bits per heavy atom. The van der Waals surface area contributed by atoms with Gasteiger partial charge >= 0.3 is 0 Å². The number of nitrogens with zero attached hydrogens (tertiary/aromatic N) is 1. The van der Waals surface area contributed by atoms with Gasteiger partial charge in [0.25, 0.3) is 5.91 Å². The van der Waals surface area contributed by atoms with Crippen LogP contribution in [-0.4, -0.2) is 10.5 Å². The number of carbonyl (C=O) groups is 1. The van der Waals surface area contributed by atoms with E-state index >= 15 is 0 Å². The van der Waals surface area contributed by atoms with Crippen molar-refractivity contribution in [3.8, 4) is 0 Å². The number of rotatable bonds is 5. The second kappa shape index (κ2) is 6.48. The van der Waals surface area contributed by atoms with Gasteiger partial charge < -0.3 is 15.6 Å². The summed E-state index contributed by atoms with van der Waals surface area (Å²) in [5, 5.41) is 3.12. The van der Waals surface area contributed by atoms with E-state index in [0.717, 1.165) is 12.1 Å². The third-order valence-corrected chi connectivity index (χ3v) is 3.60. The summed E-state index contributed by atoms with van der Waals surface area (Å²) in [7, 11) is 0. The Morgan fingerprint density at radius 1 is 1.29 bits per heavy atom. The summed E-state index contributed by atoms with van der Waals surface area (Å²) in [5.41, 5.74) is 8.13. The average molecular weight is 285 g/mol. The quantitative estimate of drug-likeness (QED) is 0.886. The van der Waals surface area contributed by atoms with Crippen LogP contribution in [0.4, 0.5) is 5.69 Å². The molecule has 112 valence electrons. The zero-order chi connectivity index (χ0) is 15.4. The van der Waals surface area contributed by atoms with Crippen LogP contribution in [0.25, 0.3) is 0 Å². The molecule has 1 aromatic carbocycles. The van der Waals surface area contributed by atoms with Crippen molar-refractivity contribution in [2.24, 2.45) is 5.92 Å². The normalized spacial score (nSPS) is 12.4. The molecule has 0 spiro atoms. The van der Waals surface area contributed by atoms with Crippen LogP contribution in [0.5, 0.6) is 0 Å². The molecule has 1 amide bonds. The largest absolute Gasteiger partial charge is 0.397 e. The van der Waals surface area contributed by atoms with E-state index in [9.17, 15) is 4.79 Å². The van der Waals surface area contributed by atoms with E-state index < -0.39 is 0 Å². The lowest BCUT2D eigenvalue weighted by molar-refractivity contribution is 0.0916. The van der Waals surface area contributed by atoms with E-state index in [-0.39, 0.29) is 11.9 Å². The maximum absolute atomic E-state index is 12.5. The van der Waals surface area contributed by atoms with E-state index in [1.165, 1.54) is 0 Å². The Kier molecular flexibility index (Phi) is 4.68. The first kappa shape index (κ1) is 15.2. The third-order valence-electron chi connectivity index (χ3n) is 3.60. The lowest BCUT2D eigenvalue weighted by Crippen LogP contribution is -2.33. The summed E-state index contributed by atoms with van der Waals surface area (Å²) in [4.78, 5) is 12.5. The van der Waals surface area contributed by atoms with Crippen LogP contribution in [0, 0.1) is 5.92 Å². The Balaban J connectivity index is 2.23. The van der Waals surface area contributed by atoms with Gasteiger partial charge in [-0.05, 0) is 24.5 Å². The van der Waals surface area contributed by atoms with E-state index in [4.69, 9.17) is 5.73 Å². The maximum Gasteiger partial charge on any atom is 0.268 e. The van der Waals surface area contributed by atoms with Crippen molar-refractivity contribution < 1.29 is 4.79 Å². The number of nitrogens with one attached hydrogen (secondary N) is 1. The lowest BCUT2D eigenvalue weighted by atomic mass is 9.96. The number of benzene rings is 1. The lowest BCUT2D eigenvalue weighted by Gasteiger charge is -2.23. The second-order valence-electron chi connectivity index (χ2n) is 5.55. The Bertz CT molecular complexity index is 602. The molecule has 1 heterocycles. The zero-order valence-corrected chi connectivity index (χ0v) is 12.8. The Hall–Kier alpha value is -2.23. The molecular weight excluding hydrogens is 262 g/mol. The first-order chi connectivity index (χ1) is 10.0. The number of hydrogen-bond acceptors (Lipinski definition) is 2. The summed E-state index contributed by atoms with van der Waals surface area (Å²) in [6.45, 7) is 6.92.